The predicted molar refractivity (Wildman–Crippen MR) is 65.9 cm³/mol. The van der Waals surface area contributed by atoms with Crippen LogP contribution in [0.25, 0.3) is 0 Å². The normalized spacial score (nSPS) is 29.0. The quantitative estimate of drug-likeness (QED) is 0.899. The molecule has 1 fully saturated rings. The van der Waals surface area contributed by atoms with Gasteiger partial charge in [0.15, 0.2) is 0 Å². The smallest absolute Gasteiger partial charge is 0.123 e. The fourth-order valence-corrected chi connectivity index (χ4v) is 3.71. The molecule has 1 saturated carbocycles. The van der Waals surface area contributed by atoms with E-state index in [4.69, 9.17) is 0 Å². The van der Waals surface area contributed by atoms with E-state index in [1.807, 2.05) is 5.38 Å². The van der Waals surface area contributed by atoms with Gasteiger partial charge in [-0.25, -0.2) is 4.98 Å². The summed E-state index contributed by atoms with van der Waals surface area (Å²) in [4.78, 5) is 4.30. The van der Waals surface area contributed by atoms with Crippen LogP contribution in [0.2, 0.25) is 0 Å². The second-order valence-corrected chi connectivity index (χ2v) is 6.19. The lowest BCUT2D eigenvalue weighted by molar-refractivity contribution is 0.0711. The van der Waals surface area contributed by atoms with Crippen molar-refractivity contribution in [1.82, 2.24) is 4.98 Å². The largest absolute Gasteiger partial charge is 0.386 e. The number of halogens is 1. The number of hydrogen-bond donors (Lipinski definition) is 1. The Balaban J connectivity index is 2.03. The van der Waals surface area contributed by atoms with Gasteiger partial charge in [-0.2, -0.15) is 0 Å². The van der Waals surface area contributed by atoms with Crippen LogP contribution in [-0.2, 0) is 0 Å². The topological polar surface area (TPSA) is 33.1 Å². The van der Waals surface area contributed by atoms with E-state index in [0.717, 1.165) is 28.4 Å². The van der Waals surface area contributed by atoms with Crippen molar-refractivity contribution in [2.45, 2.75) is 38.7 Å². The second-order valence-electron chi connectivity index (χ2n) is 4.49. The first-order chi connectivity index (χ1) is 7.16. The minimum absolute atomic E-state index is 0.357. The molecule has 0 bridgehead atoms. The van der Waals surface area contributed by atoms with Crippen molar-refractivity contribution >= 4 is 27.3 Å². The fraction of sp³-hybridized carbons (Fsp3) is 0.727. The molecule has 1 N–H and O–H groups in total. The van der Waals surface area contributed by atoms with Gasteiger partial charge in [0.1, 0.15) is 15.7 Å². The van der Waals surface area contributed by atoms with Gasteiger partial charge in [0.25, 0.3) is 0 Å². The molecule has 1 aliphatic carbocycles. The molecule has 1 aliphatic rings. The highest BCUT2D eigenvalue weighted by Crippen LogP contribution is 2.38. The zero-order chi connectivity index (χ0) is 10.8. The van der Waals surface area contributed by atoms with Crippen LogP contribution in [0.4, 0.5) is 0 Å². The first kappa shape index (κ1) is 11.6. The number of thiazole rings is 1. The number of nitrogens with zero attached hydrogens (tertiary/aromatic N) is 1. The molecule has 15 heavy (non-hydrogen) atoms. The molecule has 2 rings (SSSR count). The molecular formula is C11H16BrNOS. The maximum absolute atomic E-state index is 10.2. The van der Waals surface area contributed by atoms with Crippen LogP contribution in [-0.4, -0.2) is 10.1 Å². The highest BCUT2D eigenvalue weighted by molar-refractivity contribution is 9.10. The summed E-state index contributed by atoms with van der Waals surface area (Å²) >= 11 is 4.87. The Kier molecular flexibility index (Phi) is 3.80. The van der Waals surface area contributed by atoms with Gasteiger partial charge in [-0.05, 0) is 40.6 Å². The maximum atomic E-state index is 10.2. The third kappa shape index (κ3) is 2.80. The Labute approximate surface area is 103 Å². The predicted octanol–water partition coefficient (Wildman–Crippen LogP) is 3.77. The lowest BCUT2D eigenvalue weighted by Gasteiger charge is -2.29. The van der Waals surface area contributed by atoms with Crippen LogP contribution < -0.4 is 0 Å². The number of hydrogen-bond acceptors (Lipinski definition) is 3. The van der Waals surface area contributed by atoms with Crippen molar-refractivity contribution in [1.29, 1.82) is 0 Å². The first-order valence-electron chi connectivity index (χ1n) is 5.46. The summed E-state index contributed by atoms with van der Waals surface area (Å²) in [5.41, 5.74) is 0. The van der Waals surface area contributed by atoms with E-state index < -0.39 is 0 Å². The third-order valence-electron chi connectivity index (χ3n) is 3.17. The van der Waals surface area contributed by atoms with Gasteiger partial charge in [-0.15, -0.1) is 11.3 Å². The molecule has 1 heterocycles. The zero-order valence-corrected chi connectivity index (χ0v) is 11.2. The zero-order valence-electron chi connectivity index (χ0n) is 8.82. The maximum Gasteiger partial charge on any atom is 0.123 e. The van der Waals surface area contributed by atoms with Crippen molar-refractivity contribution in [3.63, 3.8) is 0 Å². The number of rotatable bonds is 2. The average molecular weight is 290 g/mol. The van der Waals surface area contributed by atoms with E-state index in [9.17, 15) is 5.11 Å². The first-order valence-corrected chi connectivity index (χ1v) is 7.13. The minimum atomic E-state index is -0.357. The molecule has 3 atom stereocenters. The van der Waals surface area contributed by atoms with Crippen molar-refractivity contribution in [3.05, 3.63) is 15.0 Å². The van der Waals surface area contributed by atoms with Gasteiger partial charge >= 0.3 is 0 Å². The van der Waals surface area contributed by atoms with Crippen LogP contribution in [0, 0.1) is 11.8 Å². The van der Waals surface area contributed by atoms with E-state index in [1.165, 1.54) is 12.8 Å². The van der Waals surface area contributed by atoms with Crippen molar-refractivity contribution in [2.24, 2.45) is 11.8 Å². The van der Waals surface area contributed by atoms with Gasteiger partial charge in [-0.1, -0.05) is 19.8 Å². The van der Waals surface area contributed by atoms with Crippen molar-refractivity contribution in [2.75, 3.05) is 0 Å². The van der Waals surface area contributed by atoms with E-state index in [-0.39, 0.29) is 6.10 Å². The molecule has 1 aromatic rings. The highest BCUT2D eigenvalue weighted by atomic mass is 79.9. The van der Waals surface area contributed by atoms with E-state index in [1.54, 1.807) is 11.3 Å². The molecule has 84 valence electrons. The summed E-state index contributed by atoms with van der Waals surface area (Å²) in [6.45, 7) is 2.27. The van der Waals surface area contributed by atoms with Gasteiger partial charge in [0.2, 0.25) is 0 Å². The molecule has 0 saturated heterocycles. The molecule has 2 nitrogen and oxygen atoms in total. The van der Waals surface area contributed by atoms with Crippen molar-refractivity contribution < 1.29 is 5.11 Å². The molecule has 0 radical (unpaired) electrons. The Morgan fingerprint density at radius 3 is 3.00 bits per heavy atom. The van der Waals surface area contributed by atoms with Gasteiger partial charge in [-0.3, -0.25) is 0 Å². The summed E-state index contributed by atoms with van der Waals surface area (Å²) in [6.07, 6.45) is 4.48. The lowest BCUT2D eigenvalue weighted by atomic mass is 9.80. The lowest BCUT2D eigenvalue weighted by Crippen LogP contribution is -2.20. The highest BCUT2D eigenvalue weighted by Gasteiger charge is 2.27. The van der Waals surface area contributed by atoms with Gasteiger partial charge in [0, 0.05) is 5.38 Å². The van der Waals surface area contributed by atoms with E-state index in [2.05, 4.69) is 27.8 Å². The fourth-order valence-electron chi connectivity index (χ4n) is 2.37. The molecule has 0 amide bonds. The number of aromatic nitrogens is 1. The average Bonchev–Trinajstić information content (AvgIpc) is 2.64. The molecule has 0 spiro atoms. The molecular weight excluding hydrogens is 274 g/mol. The van der Waals surface area contributed by atoms with Crippen LogP contribution in [0.3, 0.4) is 0 Å². The standard InChI is InChI=1S/C11H16BrNOS/c1-7-3-2-4-8(5-7)10(14)11-13-9(12)6-15-11/h6-8,10,14H,2-5H2,1H3. The summed E-state index contributed by atoms with van der Waals surface area (Å²) in [7, 11) is 0. The Hall–Kier alpha value is 0.0700. The molecule has 3 unspecified atom stereocenters. The Morgan fingerprint density at radius 2 is 2.40 bits per heavy atom. The van der Waals surface area contributed by atoms with Gasteiger partial charge < -0.3 is 5.11 Å². The van der Waals surface area contributed by atoms with Crippen LogP contribution in [0.5, 0.6) is 0 Å². The van der Waals surface area contributed by atoms with Crippen LogP contribution in [0.1, 0.15) is 43.7 Å². The Bertz CT molecular complexity index is 328. The molecule has 4 heteroatoms. The summed E-state index contributed by atoms with van der Waals surface area (Å²) in [5.74, 6) is 1.16. The third-order valence-corrected chi connectivity index (χ3v) is 4.80. The van der Waals surface area contributed by atoms with Crippen LogP contribution >= 0.6 is 27.3 Å². The van der Waals surface area contributed by atoms with Crippen LogP contribution in [0.15, 0.2) is 9.98 Å². The monoisotopic (exact) mass is 289 g/mol. The van der Waals surface area contributed by atoms with E-state index in [0.29, 0.717) is 5.92 Å². The number of aliphatic hydroxyl groups is 1. The Morgan fingerprint density at radius 1 is 1.60 bits per heavy atom. The van der Waals surface area contributed by atoms with E-state index >= 15 is 0 Å². The van der Waals surface area contributed by atoms with Crippen molar-refractivity contribution in [3.8, 4) is 0 Å². The SMILES string of the molecule is CC1CCCC(C(O)c2nc(Br)cs2)C1. The summed E-state index contributed by atoms with van der Waals surface area (Å²) in [6, 6.07) is 0. The molecule has 1 aromatic heterocycles. The minimum Gasteiger partial charge on any atom is -0.386 e. The van der Waals surface area contributed by atoms with Gasteiger partial charge in [0.05, 0.1) is 0 Å². The molecule has 0 aromatic carbocycles. The summed E-state index contributed by atoms with van der Waals surface area (Å²) in [5, 5.41) is 13.0. The summed E-state index contributed by atoms with van der Waals surface area (Å²) < 4.78 is 0.838. The molecule has 0 aliphatic heterocycles. The second kappa shape index (κ2) is 4.93. The number of aliphatic hydroxyl groups excluding tert-OH is 1.